The van der Waals surface area contributed by atoms with Crippen molar-refractivity contribution in [3.05, 3.63) is 51.2 Å². The number of aryl methyl sites for hydroxylation is 3. The lowest BCUT2D eigenvalue weighted by Gasteiger charge is -2.16. The number of hydrogen-bond acceptors (Lipinski definition) is 6. The Morgan fingerprint density at radius 2 is 1.90 bits per heavy atom. The van der Waals surface area contributed by atoms with Crippen LogP contribution in [-0.2, 0) is 27.7 Å². The molecule has 0 bridgehead atoms. The molecular weight excluding hydrogens is 416 g/mol. The van der Waals surface area contributed by atoms with Crippen LogP contribution in [0.5, 0.6) is 0 Å². The van der Waals surface area contributed by atoms with Gasteiger partial charge in [-0.1, -0.05) is 18.9 Å². The summed E-state index contributed by atoms with van der Waals surface area (Å²) in [5.41, 5.74) is 7.94. The Morgan fingerprint density at radius 3 is 2.55 bits per heavy atom. The van der Waals surface area contributed by atoms with Crippen LogP contribution in [0.2, 0.25) is 0 Å². The Morgan fingerprint density at radius 1 is 1.23 bits per heavy atom. The van der Waals surface area contributed by atoms with Gasteiger partial charge in [-0.05, 0) is 57.2 Å². The van der Waals surface area contributed by atoms with Gasteiger partial charge < -0.3 is 15.6 Å². The number of hydrogen-bond donors (Lipinski definition) is 2. The van der Waals surface area contributed by atoms with Crippen LogP contribution in [0.1, 0.15) is 48.3 Å². The number of carbonyl (C=O) groups is 1. The molecule has 0 aliphatic heterocycles. The second-order valence-electron chi connectivity index (χ2n) is 8.36. The van der Waals surface area contributed by atoms with Gasteiger partial charge in [0.15, 0.2) is 9.84 Å². The standard InChI is InChI=1S/C22H30N4O4S/c1-14-8-9-18(16(3)25-14)11-24-20(27)12-26-15(2)10-19(21(23)22(26)28)31(29,30)13-17-6-4-5-7-17/h8-10,17H,4-7,11-13,23H2,1-3H3,(H,24,27). The lowest BCUT2D eigenvalue weighted by atomic mass is 10.1. The van der Waals surface area contributed by atoms with Gasteiger partial charge in [0.05, 0.1) is 10.6 Å². The Balaban J connectivity index is 1.75. The van der Waals surface area contributed by atoms with Crippen molar-refractivity contribution in [1.82, 2.24) is 14.9 Å². The average Bonchev–Trinajstić information content (AvgIpc) is 3.19. The molecule has 0 unspecified atom stereocenters. The van der Waals surface area contributed by atoms with E-state index in [0.29, 0.717) is 5.69 Å². The van der Waals surface area contributed by atoms with Crippen molar-refractivity contribution < 1.29 is 13.2 Å². The second-order valence-corrected chi connectivity index (χ2v) is 10.4. The molecule has 1 aliphatic rings. The van der Waals surface area contributed by atoms with Crippen LogP contribution in [0.15, 0.2) is 27.9 Å². The molecule has 0 spiro atoms. The number of nitrogen functional groups attached to an aromatic ring is 1. The normalized spacial score (nSPS) is 14.7. The molecule has 3 N–H and O–H groups in total. The molecule has 0 aromatic carbocycles. The molecule has 2 heterocycles. The van der Waals surface area contributed by atoms with Gasteiger partial charge >= 0.3 is 0 Å². The molecule has 0 atom stereocenters. The minimum absolute atomic E-state index is 0.00448. The lowest BCUT2D eigenvalue weighted by molar-refractivity contribution is -0.121. The number of rotatable bonds is 7. The van der Waals surface area contributed by atoms with Crippen molar-refractivity contribution in [2.24, 2.45) is 5.92 Å². The molecule has 0 saturated heterocycles. The van der Waals surface area contributed by atoms with Crippen LogP contribution in [0, 0.1) is 26.7 Å². The zero-order chi connectivity index (χ0) is 22.8. The van der Waals surface area contributed by atoms with E-state index in [-0.39, 0.29) is 41.3 Å². The summed E-state index contributed by atoms with van der Waals surface area (Å²) < 4.78 is 26.9. The van der Waals surface area contributed by atoms with Gasteiger partial charge in [0.1, 0.15) is 12.2 Å². The summed E-state index contributed by atoms with van der Waals surface area (Å²) in [5.74, 6) is -0.256. The van der Waals surface area contributed by atoms with E-state index in [0.717, 1.165) is 42.6 Å². The fourth-order valence-electron chi connectivity index (χ4n) is 4.08. The van der Waals surface area contributed by atoms with E-state index in [4.69, 9.17) is 5.73 Å². The summed E-state index contributed by atoms with van der Waals surface area (Å²) in [4.78, 5) is 29.5. The highest BCUT2D eigenvalue weighted by Crippen LogP contribution is 2.29. The van der Waals surface area contributed by atoms with Crippen molar-refractivity contribution >= 4 is 21.4 Å². The van der Waals surface area contributed by atoms with Crippen LogP contribution >= 0.6 is 0 Å². The van der Waals surface area contributed by atoms with Crippen LogP contribution in [-0.4, -0.2) is 29.6 Å². The maximum atomic E-state index is 12.8. The summed E-state index contributed by atoms with van der Waals surface area (Å²) >= 11 is 0. The molecule has 168 valence electrons. The first-order chi connectivity index (χ1) is 14.6. The largest absolute Gasteiger partial charge is 0.393 e. The highest BCUT2D eigenvalue weighted by Gasteiger charge is 2.27. The molecule has 8 nitrogen and oxygen atoms in total. The van der Waals surface area contributed by atoms with E-state index in [9.17, 15) is 18.0 Å². The summed E-state index contributed by atoms with van der Waals surface area (Å²) in [6.45, 7) is 5.42. The van der Waals surface area contributed by atoms with E-state index >= 15 is 0 Å². The zero-order valence-corrected chi connectivity index (χ0v) is 19.1. The molecule has 1 amide bonds. The van der Waals surface area contributed by atoms with E-state index in [1.165, 1.54) is 10.6 Å². The minimum atomic E-state index is -3.67. The number of amides is 1. The minimum Gasteiger partial charge on any atom is -0.393 e. The summed E-state index contributed by atoms with van der Waals surface area (Å²) in [6.07, 6.45) is 3.82. The first kappa shape index (κ1) is 23.0. The van der Waals surface area contributed by atoms with E-state index < -0.39 is 15.4 Å². The van der Waals surface area contributed by atoms with Crippen molar-refractivity contribution in [3.63, 3.8) is 0 Å². The number of aromatic nitrogens is 2. The summed E-state index contributed by atoms with van der Waals surface area (Å²) in [6, 6.07) is 5.17. The van der Waals surface area contributed by atoms with Crippen LogP contribution in [0.25, 0.3) is 0 Å². The molecule has 1 aliphatic carbocycles. The Kier molecular flexibility index (Phi) is 6.83. The molecule has 9 heteroatoms. The second kappa shape index (κ2) is 9.21. The molecular formula is C22H30N4O4S. The number of carbonyl (C=O) groups excluding carboxylic acids is 1. The van der Waals surface area contributed by atoms with Gasteiger partial charge in [-0.15, -0.1) is 0 Å². The van der Waals surface area contributed by atoms with Gasteiger partial charge in [0, 0.05) is 23.6 Å². The Hall–Kier alpha value is -2.68. The summed E-state index contributed by atoms with van der Waals surface area (Å²) in [5, 5.41) is 2.78. The third-order valence-corrected chi connectivity index (χ3v) is 7.80. The average molecular weight is 447 g/mol. The summed E-state index contributed by atoms with van der Waals surface area (Å²) in [7, 11) is -3.67. The maximum absolute atomic E-state index is 12.8. The third-order valence-electron chi connectivity index (χ3n) is 5.88. The third kappa shape index (κ3) is 5.33. The molecule has 31 heavy (non-hydrogen) atoms. The first-order valence-corrected chi connectivity index (χ1v) is 12.2. The van der Waals surface area contributed by atoms with E-state index in [2.05, 4.69) is 10.3 Å². The molecule has 1 saturated carbocycles. The number of nitrogens with one attached hydrogen (secondary N) is 1. The van der Waals surface area contributed by atoms with Gasteiger partial charge in [0.25, 0.3) is 5.56 Å². The molecule has 2 aromatic rings. The van der Waals surface area contributed by atoms with Crippen LogP contribution in [0.3, 0.4) is 0 Å². The predicted octanol–water partition coefficient (Wildman–Crippen LogP) is 2.03. The topological polar surface area (TPSA) is 124 Å². The number of sulfone groups is 1. The molecule has 1 fully saturated rings. The smallest absolute Gasteiger partial charge is 0.275 e. The zero-order valence-electron chi connectivity index (χ0n) is 18.3. The SMILES string of the molecule is Cc1ccc(CNC(=O)Cn2c(C)cc(S(=O)(=O)CC3CCCC3)c(N)c2=O)c(C)n1. The van der Waals surface area contributed by atoms with Crippen molar-refractivity contribution in [2.45, 2.75) is 64.4 Å². The Labute approximate surface area is 182 Å². The quantitative estimate of drug-likeness (QED) is 0.671. The van der Waals surface area contributed by atoms with Crippen LogP contribution < -0.4 is 16.6 Å². The van der Waals surface area contributed by atoms with Gasteiger partial charge in [-0.2, -0.15) is 0 Å². The number of pyridine rings is 2. The lowest BCUT2D eigenvalue weighted by Crippen LogP contribution is -2.35. The molecule has 3 rings (SSSR count). The highest BCUT2D eigenvalue weighted by atomic mass is 32.2. The van der Waals surface area contributed by atoms with Gasteiger partial charge in [0.2, 0.25) is 5.91 Å². The fourth-order valence-corrected chi connectivity index (χ4v) is 5.99. The van der Waals surface area contributed by atoms with Crippen molar-refractivity contribution in [1.29, 1.82) is 0 Å². The first-order valence-electron chi connectivity index (χ1n) is 10.5. The maximum Gasteiger partial charge on any atom is 0.275 e. The fraction of sp³-hybridized carbons (Fsp3) is 0.500. The van der Waals surface area contributed by atoms with Crippen LogP contribution in [0.4, 0.5) is 5.69 Å². The van der Waals surface area contributed by atoms with Crippen molar-refractivity contribution in [2.75, 3.05) is 11.5 Å². The monoisotopic (exact) mass is 446 g/mol. The Bertz CT molecular complexity index is 1150. The van der Waals surface area contributed by atoms with Gasteiger partial charge in [-0.3, -0.25) is 14.6 Å². The highest BCUT2D eigenvalue weighted by molar-refractivity contribution is 7.91. The number of nitrogens with zero attached hydrogens (tertiary/aromatic N) is 2. The molecule has 0 radical (unpaired) electrons. The van der Waals surface area contributed by atoms with Gasteiger partial charge in [-0.25, -0.2) is 8.42 Å². The van der Waals surface area contributed by atoms with Crippen molar-refractivity contribution in [3.8, 4) is 0 Å². The number of anilines is 1. The number of nitrogens with two attached hydrogens (primary N) is 1. The molecule has 2 aromatic heterocycles. The predicted molar refractivity (Wildman–Crippen MR) is 119 cm³/mol. The van der Waals surface area contributed by atoms with E-state index in [1.807, 2.05) is 26.0 Å². The van der Waals surface area contributed by atoms with E-state index in [1.54, 1.807) is 6.92 Å².